The van der Waals surface area contributed by atoms with Gasteiger partial charge in [-0.1, -0.05) is 45.0 Å². The van der Waals surface area contributed by atoms with Crippen LogP contribution in [0.15, 0.2) is 24.3 Å². The number of carbonyl (C=O) groups is 1. The normalized spacial score (nSPS) is 11.5. The van der Waals surface area contributed by atoms with Gasteiger partial charge in [0.15, 0.2) is 5.78 Å². The van der Waals surface area contributed by atoms with E-state index in [0.29, 0.717) is 13.0 Å². The zero-order chi connectivity index (χ0) is 12.9. The molecule has 0 aliphatic heterocycles. The molecule has 2 N–H and O–H groups in total. The van der Waals surface area contributed by atoms with Gasteiger partial charge in [0.1, 0.15) is 0 Å². The predicted octanol–water partition coefficient (Wildman–Crippen LogP) is 3.20. The Kier molecular flexibility index (Phi) is 4.88. The van der Waals surface area contributed by atoms with E-state index in [1.54, 1.807) is 0 Å². The van der Waals surface area contributed by atoms with Gasteiger partial charge in [0.25, 0.3) is 0 Å². The van der Waals surface area contributed by atoms with Crippen molar-refractivity contribution in [2.75, 3.05) is 6.54 Å². The number of hydrogen-bond acceptors (Lipinski definition) is 2. The van der Waals surface area contributed by atoms with E-state index in [-0.39, 0.29) is 11.2 Å². The quantitative estimate of drug-likeness (QED) is 0.794. The maximum atomic E-state index is 11.9. The first kappa shape index (κ1) is 13.9. The van der Waals surface area contributed by atoms with Crippen LogP contribution in [0.5, 0.6) is 0 Å². The van der Waals surface area contributed by atoms with E-state index in [9.17, 15) is 4.79 Å². The van der Waals surface area contributed by atoms with Crippen LogP contribution in [0.4, 0.5) is 0 Å². The highest BCUT2D eigenvalue weighted by Gasteiger charge is 2.13. The predicted molar refractivity (Wildman–Crippen MR) is 72.2 cm³/mol. The Balaban J connectivity index is 2.57. The van der Waals surface area contributed by atoms with Crippen molar-refractivity contribution in [3.8, 4) is 0 Å². The Morgan fingerprint density at radius 2 is 1.76 bits per heavy atom. The van der Waals surface area contributed by atoms with E-state index in [4.69, 9.17) is 5.73 Å². The third-order valence-electron chi connectivity index (χ3n) is 2.81. The number of hydrogen-bond donors (Lipinski definition) is 1. The smallest absolute Gasteiger partial charge is 0.162 e. The van der Waals surface area contributed by atoms with Gasteiger partial charge in [0, 0.05) is 12.0 Å². The first-order valence-electron chi connectivity index (χ1n) is 6.24. The molecule has 1 rings (SSSR count). The third kappa shape index (κ3) is 5.14. The lowest BCUT2D eigenvalue weighted by Gasteiger charge is -2.17. The van der Waals surface area contributed by atoms with Crippen LogP contribution in [0.3, 0.4) is 0 Å². The van der Waals surface area contributed by atoms with E-state index >= 15 is 0 Å². The van der Waals surface area contributed by atoms with Gasteiger partial charge in [-0.05, 0) is 30.4 Å². The number of nitrogens with two attached hydrogens (primary N) is 1. The Morgan fingerprint density at radius 1 is 1.18 bits per heavy atom. The first-order valence-corrected chi connectivity index (χ1v) is 6.24. The fourth-order valence-electron chi connectivity index (χ4n) is 1.66. The van der Waals surface area contributed by atoms with Gasteiger partial charge in [-0.2, -0.15) is 0 Å². The van der Waals surface area contributed by atoms with Crippen molar-refractivity contribution in [1.82, 2.24) is 0 Å². The summed E-state index contributed by atoms with van der Waals surface area (Å²) in [5.74, 6) is 0.235. The fraction of sp³-hybridized carbons (Fsp3) is 0.533. The molecule has 94 valence electrons. The monoisotopic (exact) mass is 233 g/mol. The molecular weight excluding hydrogens is 210 g/mol. The van der Waals surface area contributed by atoms with E-state index < -0.39 is 0 Å². The van der Waals surface area contributed by atoms with Crippen molar-refractivity contribution in [3.63, 3.8) is 0 Å². The molecule has 0 saturated carbocycles. The van der Waals surface area contributed by atoms with Crippen LogP contribution >= 0.6 is 0 Å². The van der Waals surface area contributed by atoms with Crippen LogP contribution in [0, 0.1) is 5.41 Å². The first-order chi connectivity index (χ1) is 7.92. The molecule has 0 unspecified atom stereocenters. The average Bonchev–Trinajstić information content (AvgIpc) is 2.26. The Bertz CT molecular complexity index is 360. The molecule has 1 aromatic rings. The summed E-state index contributed by atoms with van der Waals surface area (Å²) in [6, 6.07) is 7.82. The SMILES string of the molecule is CC(C)(C)CCC(=O)c1ccc(CCN)cc1. The Hall–Kier alpha value is -1.15. The van der Waals surface area contributed by atoms with Gasteiger partial charge < -0.3 is 5.73 Å². The van der Waals surface area contributed by atoms with Crippen LogP contribution in [0.2, 0.25) is 0 Å². The number of carbonyl (C=O) groups excluding carboxylic acids is 1. The van der Waals surface area contributed by atoms with Gasteiger partial charge >= 0.3 is 0 Å². The van der Waals surface area contributed by atoms with Crippen molar-refractivity contribution >= 4 is 5.78 Å². The van der Waals surface area contributed by atoms with Crippen LogP contribution < -0.4 is 5.73 Å². The van der Waals surface area contributed by atoms with Gasteiger partial charge in [-0.15, -0.1) is 0 Å². The molecule has 0 spiro atoms. The second-order valence-corrected chi connectivity index (χ2v) is 5.72. The minimum atomic E-state index is 0.217. The fourth-order valence-corrected chi connectivity index (χ4v) is 1.66. The van der Waals surface area contributed by atoms with Crippen molar-refractivity contribution in [2.45, 2.75) is 40.0 Å². The zero-order valence-corrected chi connectivity index (χ0v) is 11.1. The lowest BCUT2D eigenvalue weighted by atomic mass is 9.88. The second kappa shape index (κ2) is 5.97. The third-order valence-corrected chi connectivity index (χ3v) is 2.81. The molecule has 0 radical (unpaired) electrons. The van der Waals surface area contributed by atoms with Crippen molar-refractivity contribution < 1.29 is 4.79 Å². The summed E-state index contributed by atoms with van der Waals surface area (Å²) in [5.41, 5.74) is 7.71. The van der Waals surface area contributed by atoms with E-state index in [0.717, 1.165) is 18.4 Å². The lowest BCUT2D eigenvalue weighted by Crippen LogP contribution is -2.09. The van der Waals surface area contributed by atoms with Crippen LogP contribution in [0.1, 0.15) is 49.5 Å². The Morgan fingerprint density at radius 3 is 2.24 bits per heavy atom. The summed E-state index contributed by atoms with van der Waals surface area (Å²) in [6.45, 7) is 7.12. The molecule has 0 bridgehead atoms. The van der Waals surface area contributed by atoms with Gasteiger partial charge in [-0.3, -0.25) is 4.79 Å². The van der Waals surface area contributed by atoms with Crippen LogP contribution in [-0.4, -0.2) is 12.3 Å². The van der Waals surface area contributed by atoms with E-state index in [1.165, 1.54) is 5.56 Å². The molecule has 2 nitrogen and oxygen atoms in total. The number of benzene rings is 1. The topological polar surface area (TPSA) is 43.1 Å². The van der Waals surface area contributed by atoms with E-state index in [2.05, 4.69) is 20.8 Å². The summed E-state index contributed by atoms with van der Waals surface area (Å²) < 4.78 is 0. The highest BCUT2D eigenvalue weighted by atomic mass is 16.1. The lowest BCUT2D eigenvalue weighted by molar-refractivity contribution is 0.0966. The Labute approximate surface area is 104 Å². The molecule has 0 aliphatic rings. The minimum absolute atomic E-state index is 0.217. The summed E-state index contributed by atoms with van der Waals surface area (Å²) in [4.78, 5) is 11.9. The summed E-state index contributed by atoms with van der Waals surface area (Å²) >= 11 is 0. The number of ketones is 1. The van der Waals surface area contributed by atoms with E-state index in [1.807, 2.05) is 24.3 Å². The van der Waals surface area contributed by atoms with Gasteiger partial charge in [0.2, 0.25) is 0 Å². The van der Waals surface area contributed by atoms with Crippen LogP contribution in [-0.2, 0) is 6.42 Å². The molecule has 17 heavy (non-hydrogen) atoms. The molecule has 0 saturated heterocycles. The maximum Gasteiger partial charge on any atom is 0.162 e. The maximum absolute atomic E-state index is 11.9. The zero-order valence-electron chi connectivity index (χ0n) is 11.1. The molecular formula is C15H23NO. The van der Waals surface area contributed by atoms with Crippen molar-refractivity contribution in [2.24, 2.45) is 11.1 Å². The minimum Gasteiger partial charge on any atom is -0.330 e. The molecule has 0 atom stereocenters. The van der Waals surface area contributed by atoms with Gasteiger partial charge in [-0.25, -0.2) is 0 Å². The summed E-state index contributed by atoms with van der Waals surface area (Å²) in [6.07, 6.45) is 2.42. The molecule has 1 aromatic carbocycles. The second-order valence-electron chi connectivity index (χ2n) is 5.72. The molecule has 0 amide bonds. The molecule has 0 aromatic heterocycles. The van der Waals surface area contributed by atoms with Crippen LogP contribution in [0.25, 0.3) is 0 Å². The standard InChI is InChI=1S/C15H23NO/c1-15(2,3)10-8-14(17)13-6-4-12(5-7-13)9-11-16/h4-7H,8-11,16H2,1-3H3. The molecule has 2 heteroatoms. The van der Waals surface area contributed by atoms with Gasteiger partial charge in [0.05, 0.1) is 0 Å². The number of Topliss-reactive ketones (excluding diaryl/α,β-unsaturated/α-hetero) is 1. The molecule has 0 heterocycles. The summed E-state index contributed by atoms with van der Waals surface area (Å²) in [5, 5.41) is 0. The largest absolute Gasteiger partial charge is 0.330 e. The van der Waals surface area contributed by atoms with Crippen molar-refractivity contribution in [3.05, 3.63) is 35.4 Å². The highest BCUT2D eigenvalue weighted by Crippen LogP contribution is 2.22. The summed E-state index contributed by atoms with van der Waals surface area (Å²) in [7, 11) is 0. The molecule has 0 aliphatic carbocycles. The molecule has 0 fully saturated rings. The highest BCUT2D eigenvalue weighted by molar-refractivity contribution is 5.96. The average molecular weight is 233 g/mol. The van der Waals surface area contributed by atoms with Crippen molar-refractivity contribution in [1.29, 1.82) is 0 Å². The number of rotatable bonds is 5.